The molecule has 1 amide bonds. The van der Waals surface area contributed by atoms with Gasteiger partial charge in [-0.05, 0) is 50.8 Å². The van der Waals surface area contributed by atoms with Crippen LogP contribution in [0.2, 0.25) is 0 Å². The second-order valence-corrected chi connectivity index (χ2v) is 6.02. The Morgan fingerprint density at radius 3 is 2.53 bits per heavy atom. The van der Waals surface area contributed by atoms with Crippen LogP contribution in [-0.2, 0) is 9.59 Å². The van der Waals surface area contributed by atoms with E-state index in [2.05, 4.69) is 10.6 Å². The second kappa shape index (κ2) is 7.75. The second-order valence-electron chi connectivity index (χ2n) is 5.03. The van der Waals surface area contributed by atoms with E-state index in [9.17, 15) is 9.59 Å². The molecule has 0 aromatic heterocycles. The van der Waals surface area contributed by atoms with Crippen LogP contribution < -0.4 is 10.6 Å². The molecule has 1 aliphatic heterocycles. The third kappa shape index (κ3) is 4.38. The fourth-order valence-corrected chi connectivity index (χ4v) is 2.92. The minimum absolute atomic E-state index is 0.0926. The van der Waals surface area contributed by atoms with Crippen molar-refractivity contribution in [2.45, 2.75) is 38.6 Å². The first kappa shape index (κ1) is 16.3. The summed E-state index contributed by atoms with van der Waals surface area (Å²) < 4.78 is 0. The minimum atomic E-state index is -0.942. The summed E-state index contributed by atoms with van der Waals surface area (Å²) in [7, 11) is 0. The average molecular weight is 288 g/mol. The van der Waals surface area contributed by atoms with E-state index in [1.54, 1.807) is 11.8 Å². The Balaban J connectivity index is 2.65. The van der Waals surface area contributed by atoms with Gasteiger partial charge in [0.25, 0.3) is 0 Å². The van der Waals surface area contributed by atoms with Gasteiger partial charge in [-0.2, -0.15) is 11.8 Å². The maximum Gasteiger partial charge on any atom is 0.326 e. The lowest BCUT2D eigenvalue weighted by atomic mass is 9.75. The van der Waals surface area contributed by atoms with Crippen LogP contribution in [0.3, 0.4) is 0 Å². The van der Waals surface area contributed by atoms with Gasteiger partial charge in [0.1, 0.15) is 6.04 Å². The third-order valence-electron chi connectivity index (χ3n) is 3.93. The summed E-state index contributed by atoms with van der Waals surface area (Å²) in [4.78, 5) is 23.6. The lowest BCUT2D eigenvalue weighted by molar-refractivity contribution is -0.144. The normalized spacial score (nSPS) is 19.7. The molecule has 3 N–H and O–H groups in total. The molecule has 0 aliphatic carbocycles. The molecular weight excluding hydrogens is 264 g/mol. The molecule has 1 heterocycles. The van der Waals surface area contributed by atoms with Gasteiger partial charge in [0, 0.05) is 0 Å². The summed E-state index contributed by atoms with van der Waals surface area (Å²) in [5, 5.41) is 15.1. The van der Waals surface area contributed by atoms with Crippen molar-refractivity contribution in [1.29, 1.82) is 0 Å². The summed E-state index contributed by atoms with van der Waals surface area (Å²) in [6, 6.07) is -0.765. The fraction of sp³-hybridized carbons (Fsp3) is 0.846. The van der Waals surface area contributed by atoms with E-state index in [1.807, 2.05) is 13.2 Å². The predicted octanol–water partition coefficient (Wildman–Crippen LogP) is 1.09. The Hall–Kier alpha value is -0.750. The molecule has 1 atom stereocenters. The van der Waals surface area contributed by atoms with Gasteiger partial charge in [-0.3, -0.25) is 4.79 Å². The molecule has 1 rings (SSSR count). The van der Waals surface area contributed by atoms with E-state index in [0.717, 1.165) is 38.1 Å². The summed E-state index contributed by atoms with van der Waals surface area (Å²) >= 11 is 1.59. The number of hydrogen-bond donors (Lipinski definition) is 3. The topological polar surface area (TPSA) is 78.4 Å². The van der Waals surface area contributed by atoms with Crippen molar-refractivity contribution >= 4 is 23.6 Å². The van der Waals surface area contributed by atoms with E-state index in [1.165, 1.54) is 0 Å². The van der Waals surface area contributed by atoms with Crippen LogP contribution in [0.4, 0.5) is 0 Å². The van der Waals surface area contributed by atoms with Crippen LogP contribution in [0.15, 0.2) is 0 Å². The number of nitrogens with one attached hydrogen (secondary N) is 2. The summed E-state index contributed by atoms with van der Waals surface area (Å²) in [5.74, 6) is -0.301. The van der Waals surface area contributed by atoms with Crippen LogP contribution in [-0.4, -0.2) is 48.1 Å². The molecule has 0 spiro atoms. The lowest BCUT2D eigenvalue weighted by Gasteiger charge is -2.36. The van der Waals surface area contributed by atoms with Gasteiger partial charge in [-0.15, -0.1) is 0 Å². The molecule has 1 saturated heterocycles. The smallest absolute Gasteiger partial charge is 0.326 e. The predicted molar refractivity (Wildman–Crippen MR) is 77.4 cm³/mol. The van der Waals surface area contributed by atoms with E-state index >= 15 is 0 Å². The Bertz CT molecular complexity index is 317. The fourth-order valence-electron chi connectivity index (χ4n) is 2.45. The van der Waals surface area contributed by atoms with Crippen LogP contribution in [0, 0.1) is 5.41 Å². The molecule has 19 heavy (non-hydrogen) atoms. The number of rotatable bonds is 7. The number of carboxylic acids is 1. The molecule has 0 unspecified atom stereocenters. The van der Waals surface area contributed by atoms with Crippen molar-refractivity contribution in [2.24, 2.45) is 5.41 Å². The Kier molecular flexibility index (Phi) is 6.65. The zero-order valence-electron chi connectivity index (χ0n) is 11.7. The number of aliphatic carboxylic acids is 1. The van der Waals surface area contributed by atoms with Gasteiger partial charge in [0.15, 0.2) is 0 Å². The molecule has 0 saturated carbocycles. The van der Waals surface area contributed by atoms with Crippen LogP contribution in [0.5, 0.6) is 0 Å². The van der Waals surface area contributed by atoms with Gasteiger partial charge in [-0.1, -0.05) is 6.92 Å². The van der Waals surface area contributed by atoms with E-state index in [4.69, 9.17) is 5.11 Å². The molecule has 0 radical (unpaired) electrons. The SMILES string of the molecule is CCC1(C(=O)N[C@H](CCSC)C(=O)O)CCNCC1. The molecule has 110 valence electrons. The van der Waals surface area contributed by atoms with Gasteiger partial charge in [-0.25, -0.2) is 4.79 Å². The van der Waals surface area contributed by atoms with Gasteiger partial charge >= 0.3 is 5.97 Å². The Morgan fingerprint density at radius 2 is 2.05 bits per heavy atom. The number of carboxylic acid groups (broad SMARTS) is 1. The average Bonchev–Trinajstić information content (AvgIpc) is 2.43. The number of carbonyl (C=O) groups excluding carboxylic acids is 1. The monoisotopic (exact) mass is 288 g/mol. The lowest BCUT2D eigenvalue weighted by Crippen LogP contribution is -2.52. The standard InChI is InChI=1S/C13H24N2O3S/c1-3-13(5-7-14-8-6-13)12(18)15-10(11(16)17)4-9-19-2/h10,14H,3-9H2,1-2H3,(H,15,18)(H,16,17)/t10-/m1/s1. The number of thioether (sulfide) groups is 1. The highest BCUT2D eigenvalue weighted by molar-refractivity contribution is 7.98. The molecule has 0 bridgehead atoms. The molecule has 1 aliphatic rings. The largest absolute Gasteiger partial charge is 0.480 e. The number of piperidine rings is 1. The zero-order valence-corrected chi connectivity index (χ0v) is 12.5. The summed E-state index contributed by atoms with van der Waals surface area (Å²) in [6.07, 6.45) is 4.73. The molecule has 0 aromatic rings. The first-order valence-electron chi connectivity index (χ1n) is 6.79. The molecule has 5 nitrogen and oxygen atoms in total. The highest BCUT2D eigenvalue weighted by Crippen LogP contribution is 2.32. The van der Waals surface area contributed by atoms with E-state index in [0.29, 0.717) is 6.42 Å². The van der Waals surface area contributed by atoms with Gasteiger partial charge in [0.05, 0.1) is 5.41 Å². The first-order chi connectivity index (χ1) is 9.05. The number of hydrogen-bond acceptors (Lipinski definition) is 4. The van der Waals surface area contributed by atoms with Crippen LogP contribution in [0.1, 0.15) is 32.6 Å². The summed E-state index contributed by atoms with van der Waals surface area (Å²) in [5.41, 5.74) is -0.391. The molecule has 0 aromatic carbocycles. The van der Waals surface area contributed by atoms with Crippen LogP contribution in [0.25, 0.3) is 0 Å². The van der Waals surface area contributed by atoms with E-state index in [-0.39, 0.29) is 5.91 Å². The molecule has 6 heteroatoms. The van der Waals surface area contributed by atoms with E-state index < -0.39 is 17.4 Å². The quantitative estimate of drug-likeness (QED) is 0.653. The number of amides is 1. The van der Waals surface area contributed by atoms with Gasteiger partial charge in [0.2, 0.25) is 5.91 Å². The maximum atomic E-state index is 12.4. The maximum absolute atomic E-state index is 12.4. The van der Waals surface area contributed by atoms with Crippen molar-refractivity contribution in [3.8, 4) is 0 Å². The Morgan fingerprint density at radius 1 is 1.42 bits per heavy atom. The molecule has 1 fully saturated rings. The first-order valence-corrected chi connectivity index (χ1v) is 8.18. The minimum Gasteiger partial charge on any atom is -0.480 e. The van der Waals surface area contributed by atoms with Crippen molar-refractivity contribution in [1.82, 2.24) is 10.6 Å². The Labute approximate surface area is 118 Å². The van der Waals surface area contributed by atoms with Crippen molar-refractivity contribution in [3.63, 3.8) is 0 Å². The zero-order chi connectivity index (χ0) is 14.3. The highest BCUT2D eigenvalue weighted by atomic mass is 32.2. The third-order valence-corrected chi connectivity index (χ3v) is 4.58. The number of carbonyl (C=O) groups is 2. The van der Waals surface area contributed by atoms with Crippen molar-refractivity contribution in [3.05, 3.63) is 0 Å². The molecular formula is C13H24N2O3S. The van der Waals surface area contributed by atoms with Crippen molar-refractivity contribution < 1.29 is 14.7 Å². The highest BCUT2D eigenvalue weighted by Gasteiger charge is 2.39. The van der Waals surface area contributed by atoms with Crippen LogP contribution >= 0.6 is 11.8 Å². The summed E-state index contributed by atoms with van der Waals surface area (Å²) in [6.45, 7) is 3.65. The van der Waals surface area contributed by atoms with Gasteiger partial charge < -0.3 is 15.7 Å². The van der Waals surface area contributed by atoms with Crippen molar-refractivity contribution in [2.75, 3.05) is 25.1 Å².